The van der Waals surface area contributed by atoms with Gasteiger partial charge in [-0.3, -0.25) is 4.79 Å². The zero-order chi connectivity index (χ0) is 20.6. The zero-order valence-corrected chi connectivity index (χ0v) is 18.1. The van der Waals surface area contributed by atoms with Gasteiger partial charge in [0.15, 0.2) is 0 Å². The molecule has 28 heavy (non-hydrogen) atoms. The molecule has 0 heterocycles. The second-order valence-electron chi connectivity index (χ2n) is 8.05. The summed E-state index contributed by atoms with van der Waals surface area (Å²) in [5.41, 5.74) is 1.80. The predicted molar refractivity (Wildman–Crippen MR) is 115 cm³/mol. The number of hydrogen-bond acceptors (Lipinski definition) is 4. The number of benzene rings is 1. The number of carbonyl (C=O) groups is 1. The molecular formula is C21H35N3O3S. The van der Waals surface area contributed by atoms with Crippen molar-refractivity contribution in [3.05, 3.63) is 29.8 Å². The first-order valence-corrected chi connectivity index (χ1v) is 11.9. The largest absolute Gasteiger partial charge is 0.326 e. The van der Waals surface area contributed by atoms with Gasteiger partial charge in [0, 0.05) is 31.2 Å². The van der Waals surface area contributed by atoms with E-state index in [1.165, 1.54) is 32.1 Å². The van der Waals surface area contributed by atoms with E-state index in [0.717, 1.165) is 11.3 Å². The SMILES string of the molecule is CC(CNS(=O)(=O)C(C)C)c1ccc(NC(=O)CCNC2CCCCC2)cc1. The number of nitrogens with one attached hydrogen (secondary N) is 3. The van der Waals surface area contributed by atoms with E-state index in [9.17, 15) is 13.2 Å². The zero-order valence-electron chi connectivity index (χ0n) is 17.3. The van der Waals surface area contributed by atoms with E-state index in [0.29, 0.717) is 25.6 Å². The van der Waals surface area contributed by atoms with Gasteiger partial charge in [0.1, 0.15) is 0 Å². The van der Waals surface area contributed by atoms with Crippen molar-refractivity contribution in [2.75, 3.05) is 18.4 Å². The Hall–Kier alpha value is -1.44. The van der Waals surface area contributed by atoms with Crippen LogP contribution in [0.15, 0.2) is 24.3 Å². The summed E-state index contributed by atoms with van der Waals surface area (Å²) in [5, 5.41) is 5.97. The molecule has 0 aliphatic heterocycles. The molecule has 1 aromatic carbocycles. The van der Waals surface area contributed by atoms with Crippen LogP contribution in [0, 0.1) is 0 Å². The molecule has 3 N–H and O–H groups in total. The summed E-state index contributed by atoms with van der Waals surface area (Å²) in [5.74, 6) is 0.0618. The fourth-order valence-corrected chi connectivity index (χ4v) is 4.16. The van der Waals surface area contributed by atoms with Crippen molar-refractivity contribution in [1.29, 1.82) is 0 Å². The second-order valence-corrected chi connectivity index (χ2v) is 10.4. The lowest BCUT2D eigenvalue weighted by Gasteiger charge is -2.22. The lowest BCUT2D eigenvalue weighted by Crippen LogP contribution is -2.33. The standard InChI is InChI=1S/C21H35N3O3S/c1-16(2)28(26,27)23-15-17(3)18-9-11-20(12-10-18)24-21(25)13-14-22-19-7-5-4-6-8-19/h9-12,16-17,19,22-23H,4-8,13-15H2,1-3H3,(H,24,25). The minimum absolute atomic E-state index is 0.00815. The number of rotatable bonds is 10. The summed E-state index contributed by atoms with van der Waals surface area (Å²) < 4.78 is 26.4. The molecule has 0 bridgehead atoms. The molecule has 1 saturated carbocycles. The quantitative estimate of drug-likeness (QED) is 0.553. The minimum atomic E-state index is -3.26. The lowest BCUT2D eigenvalue weighted by atomic mass is 9.95. The Morgan fingerprint density at radius 1 is 1.07 bits per heavy atom. The third-order valence-corrected chi connectivity index (χ3v) is 7.18. The van der Waals surface area contributed by atoms with Crippen molar-refractivity contribution in [2.45, 2.75) is 76.5 Å². The fourth-order valence-electron chi connectivity index (χ4n) is 3.34. The Kier molecular flexibility index (Phi) is 8.92. The first kappa shape index (κ1) is 22.8. The van der Waals surface area contributed by atoms with Gasteiger partial charge in [-0.2, -0.15) is 0 Å². The number of carbonyl (C=O) groups excluding carboxylic acids is 1. The van der Waals surface area contributed by atoms with E-state index in [4.69, 9.17) is 0 Å². The maximum atomic E-state index is 12.1. The molecule has 1 aromatic rings. The second kappa shape index (κ2) is 10.9. The predicted octanol–water partition coefficient (Wildman–Crippen LogP) is 3.37. The molecule has 1 unspecified atom stereocenters. The van der Waals surface area contributed by atoms with Gasteiger partial charge in [0.2, 0.25) is 15.9 Å². The van der Waals surface area contributed by atoms with Crippen molar-refractivity contribution in [3.63, 3.8) is 0 Å². The van der Waals surface area contributed by atoms with E-state index in [1.807, 2.05) is 31.2 Å². The summed E-state index contributed by atoms with van der Waals surface area (Å²) in [4.78, 5) is 12.1. The van der Waals surface area contributed by atoms with Crippen LogP contribution in [-0.4, -0.2) is 38.7 Å². The van der Waals surface area contributed by atoms with Gasteiger partial charge in [0.25, 0.3) is 0 Å². The molecule has 7 heteroatoms. The highest BCUT2D eigenvalue weighted by molar-refractivity contribution is 7.90. The van der Waals surface area contributed by atoms with Crippen LogP contribution in [0.25, 0.3) is 0 Å². The van der Waals surface area contributed by atoms with Crippen molar-refractivity contribution in [2.24, 2.45) is 0 Å². The number of sulfonamides is 1. The van der Waals surface area contributed by atoms with Gasteiger partial charge in [-0.05, 0) is 50.3 Å². The molecular weight excluding hydrogens is 374 g/mol. The summed E-state index contributed by atoms with van der Waals surface area (Å²) >= 11 is 0. The Morgan fingerprint density at radius 3 is 2.32 bits per heavy atom. The molecule has 1 atom stereocenters. The van der Waals surface area contributed by atoms with Gasteiger partial charge in [-0.25, -0.2) is 13.1 Å². The van der Waals surface area contributed by atoms with Crippen molar-refractivity contribution in [3.8, 4) is 0 Å². The van der Waals surface area contributed by atoms with Crippen LogP contribution in [0.2, 0.25) is 0 Å². The van der Waals surface area contributed by atoms with Crippen molar-refractivity contribution in [1.82, 2.24) is 10.0 Å². The lowest BCUT2D eigenvalue weighted by molar-refractivity contribution is -0.116. The maximum absolute atomic E-state index is 12.1. The topological polar surface area (TPSA) is 87.3 Å². The van der Waals surface area contributed by atoms with E-state index in [1.54, 1.807) is 13.8 Å². The molecule has 6 nitrogen and oxygen atoms in total. The third-order valence-electron chi connectivity index (χ3n) is 5.37. The van der Waals surface area contributed by atoms with Gasteiger partial charge in [-0.1, -0.05) is 38.3 Å². The summed E-state index contributed by atoms with van der Waals surface area (Å²) in [6.07, 6.45) is 6.80. The molecule has 1 fully saturated rings. The van der Waals surface area contributed by atoms with E-state index in [-0.39, 0.29) is 11.8 Å². The van der Waals surface area contributed by atoms with E-state index < -0.39 is 15.3 Å². The average molecular weight is 410 g/mol. The van der Waals surface area contributed by atoms with E-state index >= 15 is 0 Å². The monoisotopic (exact) mass is 409 g/mol. The Balaban J connectivity index is 1.74. The van der Waals surface area contributed by atoms with E-state index in [2.05, 4.69) is 15.4 Å². The molecule has 1 aliphatic carbocycles. The molecule has 0 saturated heterocycles. The van der Waals surface area contributed by atoms with Crippen LogP contribution in [-0.2, 0) is 14.8 Å². The van der Waals surface area contributed by atoms with Gasteiger partial charge < -0.3 is 10.6 Å². The fraction of sp³-hybridized carbons (Fsp3) is 0.667. The highest BCUT2D eigenvalue weighted by atomic mass is 32.2. The van der Waals surface area contributed by atoms with Crippen LogP contribution in [0.3, 0.4) is 0 Å². The summed E-state index contributed by atoms with van der Waals surface area (Å²) in [6.45, 7) is 6.37. The van der Waals surface area contributed by atoms with Crippen LogP contribution in [0.1, 0.15) is 70.8 Å². The van der Waals surface area contributed by atoms with Gasteiger partial charge in [-0.15, -0.1) is 0 Å². The third kappa shape index (κ3) is 7.53. The number of amides is 1. The average Bonchev–Trinajstić information content (AvgIpc) is 2.67. The smallest absolute Gasteiger partial charge is 0.225 e. The minimum Gasteiger partial charge on any atom is -0.326 e. The summed E-state index contributed by atoms with van der Waals surface area (Å²) in [6, 6.07) is 8.18. The Labute approximate surface area is 169 Å². The molecule has 0 radical (unpaired) electrons. The highest BCUT2D eigenvalue weighted by Crippen LogP contribution is 2.19. The van der Waals surface area contributed by atoms with Gasteiger partial charge >= 0.3 is 0 Å². The first-order valence-electron chi connectivity index (χ1n) is 10.4. The molecule has 1 aliphatic rings. The van der Waals surface area contributed by atoms with Crippen molar-refractivity contribution >= 4 is 21.6 Å². The number of hydrogen-bond donors (Lipinski definition) is 3. The van der Waals surface area contributed by atoms with Gasteiger partial charge in [0.05, 0.1) is 5.25 Å². The Bertz CT molecular complexity index is 711. The maximum Gasteiger partial charge on any atom is 0.225 e. The van der Waals surface area contributed by atoms with Crippen LogP contribution < -0.4 is 15.4 Å². The molecule has 158 valence electrons. The molecule has 0 spiro atoms. The normalized spacial score (nSPS) is 16.9. The number of anilines is 1. The van der Waals surface area contributed by atoms with Crippen LogP contribution >= 0.6 is 0 Å². The van der Waals surface area contributed by atoms with Crippen LogP contribution in [0.5, 0.6) is 0 Å². The highest BCUT2D eigenvalue weighted by Gasteiger charge is 2.17. The Morgan fingerprint density at radius 2 is 1.71 bits per heavy atom. The first-order chi connectivity index (χ1) is 13.3. The molecule has 2 rings (SSSR count). The molecule has 1 amide bonds. The van der Waals surface area contributed by atoms with Crippen LogP contribution in [0.4, 0.5) is 5.69 Å². The summed E-state index contributed by atoms with van der Waals surface area (Å²) in [7, 11) is -3.26. The van der Waals surface area contributed by atoms with Crippen molar-refractivity contribution < 1.29 is 13.2 Å². The molecule has 0 aromatic heterocycles.